The van der Waals surface area contributed by atoms with E-state index in [1.807, 2.05) is 31.3 Å². The first-order valence-corrected chi connectivity index (χ1v) is 9.12. The van der Waals surface area contributed by atoms with Gasteiger partial charge in [-0.25, -0.2) is 4.79 Å². The summed E-state index contributed by atoms with van der Waals surface area (Å²) in [7, 11) is 2.01. The van der Waals surface area contributed by atoms with Crippen molar-refractivity contribution in [1.82, 2.24) is 10.2 Å². The third-order valence-corrected chi connectivity index (χ3v) is 5.03. The highest BCUT2D eigenvalue weighted by molar-refractivity contribution is 6.35. The molecule has 27 heavy (non-hydrogen) atoms. The van der Waals surface area contributed by atoms with Crippen LogP contribution in [-0.2, 0) is 11.3 Å². The number of hydrogen-bond donors (Lipinski definition) is 3. The van der Waals surface area contributed by atoms with Crippen molar-refractivity contribution >= 4 is 40.9 Å². The standard InChI is InChI=1S/C19H19Cl2N3O3/c1-24-9-14(13-6-11(20)7-16(21)15(13)10-24)12-4-2-3-5-17(12)23-19(27)22-8-18(25)26/h2-7,14H,8-10H2,1H3,(H,25,26)(H2,22,23,27)/t14-/m1/s1. The second-order valence-electron chi connectivity index (χ2n) is 6.49. The van der Waals surface area contributed by atoms with Crippen molar-refractivity contribution < 1.29 is 14.7 Å². The van der Waals surface area contributed by atoms with Crippen LogP contribution in [0.25, 0.3) is 0 Å². The van der Waals surface area contributed by atoms with Crippen LogP contribution in [0.2, 0.25) is 10.0 Å². The second-order valence-corrected chi connectivity index (χ2v) is 7.34. The summed E-state index contributed by atoms with van der Waals surface area (Å²) in [4.78, 5) is 24.8. The van der Waals surface area contributed by atoms with Crippen LogP contribution in [0.5, 0.6) is 0 Å². The Morgan fingerprint density at radius 2 is 1.96 bits per heavy atom. The number of carbonyl (C=O) groups is 2. The van der Waals surface area contributed by atoms with Gasteiger partial charge in [-0.2, -0.15) is 0 Å². The van der Waals surface area contributed by atoms with Gasteiger partial charge in [0.15, 0.2) is 0 Å². The van der Waals surface area contributed by atoms with E-state index in [0.717, 1.165) is 29.8 Å². The van der Waals surface area contributed by atoms with Gasteiger partial charge in [-0.1, -0.05) is 41.4 Å². The Kier molecular flexibility index (Phi) is 5.89. The molecule has 1 atom stereocenters. The molecule has 0 spiro atoms. The van der Waals surface area contributed by atoms with Crippen molar-refractivity contribution in [2.45, 2.75) is 12.5 Å². The molecule has 0 saturated heterocycles. The lowest BCUT2D eigenvalue weighted by atomic mass is 9.84. The first-order chi connectivity index (χ1) is 12.8. The fourth-order valence-corrected chi connectivity index (χ4v) is 3.92. The number of anilines is 1. The monoisotopic (exact) mass is 407 g/mol. The molecule has 0 aromatic heterocycles. The van der Waals surface area contributed by atoms with E-state index in [0.29, 0.717) is 15.7 Å². The smallest absolute Gasteiger partial charge is 0.323 e. The molecule has 8 heteroatoms. The Morgan fingerprint density at radius 3 is 2.70 bits per heavy atom. The Morgan fingerprint density at radius 1 is 1.22 bits per heavy atom. The number of hydrogen-bond acceptors (Lipinski definition) is 3. The summed E-state index contributed by atoms with van der Waals surface area (Å²) in [6.45, 7) is 1.00. The highest BCUT2D eigenvalue weighted by Crippen LogP contribution is 2.40. The first-order valence-electron chi connectivity index (χ1n) is 8.37. The number of amides is 2. The zero-order chi connectivity index (χ0) is 19.6. The molecule has 0 unspecified atom stereocenters. The van der Waals surface area contributed by atoms with Crippen LogP contribution in [0.15, 0.2) is 36.4 Å². The zero-order valence-electron chi connectivity index (χ0n) is 14.6. The van der Waals surface area contributed by atoms with Gasteiger partial charge >= 0.3 is 12.0 Å². The number of fused-ring (bicyclic) bond motifs is 1. The lowest BCUT2D eigenvalue weighted by Gasteiger charge is -2.34. The molecule has 1 aliphatic heterocycles. The average Bonchev–Trinajstić information content (AvgIpc) is 2.61. The molecule has 0 radical (unpaired) electrons. The van der Waals surface area contributed by atoms with E-state index in [1.54, 1.807) is 12.1 Å². The molecule has 2 amide bonds. The molecule has 0 saturated carbocycles. The van der Waals surface area contributed by atoms with Gasteiger partial charge in [0, 0.05) is 34.7 Å². The summed E-state index contributed by atoms with van der Waals surface area (Å²) in [6, 6.07) is 10.5. The number of para-hydroxylation sites is 1. The number of carboxylic acid groups (broad SMARTS) is 1. The Bertz CT molecular complexity index is 888. The molecule has 6 nitrogen and oxygen atoms in total. The highest BCUT2D eigenvalue weighted by Gasteiger charge is 2.28. The van der Waals surface area contributed by atoms with Crippen molar-refractivity contribution in [3.05, 3.63) is 63.1 Å². The molecule has 1 heterocycles. The van der Waals surface area contributed by atoms with E-state index in [2.05, 4.69) is 15.5 Å². The van der Waals surface area contributed by atoms with E-state index < -0.39 is 18.5 Å². The third-order valence-electron chi connectivity index (χ3n) is 4.48. The number of nitrogens with one attached hydrogen (secondary N) is 2. The average molecular weight is 408 g/mol. The van der Waals surface area contributed by atoms with Crippen LogP contribution in [0.4, 0.5) is 10.5 Å². The largest absolute Gasteiger partial charge is 0.480 e. The molecular weight excluding hydrogens is 389 g/mol. The van der Waals surface area contributed by atoms with Gasteiger partial charge in [-0.05, 0) is 41.9 Å². The fourth-order valence-electron chi connectivity index (χ4n) is 3.35. The molecule has 2 aromatic carbocycles. The number of carbonyl (C=O) groups excluding carboxylic acids is 1. The summed E-state index contributed by atoms with van der Waals surface area (Å²) in [6.07, 6.45) is 0. The normalized spacial score (nSPS) is 16.5. The van der Waals surface area contributed by atoms with Crippen LogP contribution >= 0.6 is 23.2 Å². The van der Waals surface area contributed by atoms with Crippen molar-refractivity contribution in [2.75, 3.05) is 25.5 Å². The van der Waals surface area contributed by atoms with E-state index in [9.17, 15) is 9.59 Å². The highest BCUT2D eigenvalue weighted by atomic mass is 35.5. The summed E-state index contributed by atoms with van der Waals surface area (Å²) >= 11 is 12.6. The number of rotatable bonds is 4. The summed E-state index contributed by atoms with van der Waals surface area (Å²) in [5.41, 5.74) is 3.58. The molecule has 3 N–H and O–H groups in total. The molecule has 2 aromatic rings. The van der Waals surface area contributed by atoms with E-state index in [1.165, 1.54) is 0 Å². The minimum atomic E-state index is -1.11. The van der Waals surface area contributed by atoms with Gasteiger partial charge in [0.05, 0.1) is 0 Å². The van der Waals surface area contributed by atoms with Crippen LogP contribution in [0, 0.1) is 0 Å². The van der Waals surface area contributed by atoms with Crippen LogP contribution in [0.1, 0.15) is 22.6 Å². The van der Waals surface area contributed by atoms with E-state index >= 15 is 0 Å². The number of benzene rings is 2. The number of aliphatic carboxylic acids is 1. The number of likely N-dealkylation sites (N-methyl/N-ethyl adjacent to an activating group) is 1. The van der Waals surface area contributed by atoms with Gasteiger partial charge in [0.25, 0.3) is 0 Å². The maximum atomic E-state index is 12.0. The van der Waals surface area contributed by atoms with Crippen molar-refractivity contribution in [3.8, 4) is 0 Å². The van der Waals surface area contributed by atoms with Crippen LogP contribution in [-0.4, -0.2) is 42.1 Å². The molecule has 3 rings (SSSR count). The minimum absolute atomic E-state index is 0.0362. The predicted octanol–water partition coefficient (Wildman–Crippen LogP) is 3.78. The summed E-state index contributed by atoms with van der Waals surface area (Å²) < 4.78 is 0. The number of carboxylic acids is 1. The quantitative estimate of drug-likeness (QED) is 0.720. The minimum Gasteiger partial charge on any atom is -0.480 e. The number of nitrogens with zero attached hydrogens (tertiary/aromatic N) is 1. The van der Waals surface area contributed by atoms with Crippen LogP contribution < -0.4 is 10.6 Å². The molecule has 0 bridgehead atoms. The topological polar surface area (TPSA) is 81.7 Å². The van der Waals surface area contributed by atoms with Gasteiger partial charge in [-0.3, -0.25) is 4.79 Å². The molecule has 0 aliphatic carbocycles. The van der Waals surface area contributed by atoms with Gasteiger partial charge < -0.3 is 20.6 Å². The summed E-state index contributed by atoms with van der Waals surface area (Å²) in [5.74, 6) is -1.14. The fraction of sp³-hybridized carbons (Fsp3) is 0.263. The van der Waals surface area contributed by atoms with Crippen molar-refractivity contribution in [2.24, 2.45) is 0 Å². The van der Waals surface area contributed by atoms with E-state index in [-0.39, 0.29) is 5.92 Å². The maximum Gasteiger partial charge on any atom is 0.323 e. The van der Waals surface area contributed by atoms with E-state index in [4.69, 9.17) is 28.3 Å². The Labute approximate surface area is 167 Å². The third kappa shape index (κ3) is 4.53. The molecule has 0 fully saturated rings. The SMILES string of the molecule is CN1Cc2c(Cl)cc(Cl)cc2[C@@H](c2ccccc2NC(=O)NCC(=O)O)C1. The van der Waals surface area contributed by atoms with Gasteiger partial charge in [0.2, 0.25) is 0 Å². The Hall–Kier alpha value is -2.28. The van der Waals surface area contributed by atoms with Gasteiger partial charge in [-0.15, -0.1) is 0 Å². The van der Waals surface area contributed by atoms with Gasteiger partial charge in [0.1, 0.15) is 6.54 Å². The lowest BCUT2D eigenvalue weighted by Crippen LogP contribution is -2.34. The van der Waals surface area contributed by atoms with Crippen molar-refractivity contribution in [1.29, 1.82) is 0 Å². The predicted molar refractivity (Wildman–Crippen MR) is 106 cm³/mol. The zero-order valence-corrected chi connectivity index (χ0v) is 16.1. The Balaban J connectivity index is 1.96. The maximum absolute atomic E-state index is 12.0. The first kappa shape index (κ1) is 19.5. The summed E-state index contributed by atoms with van der Waals surface area (Å²) in [5, 5.41) is 14.9. The number of halogens is 2. The van der Waals surface area contributed by atoms with Crippen molar-refractivity contribution in [3.63, 3.8) is 0 Å². The molecule has 1 aliphatic rings. The van der Waals surface area contributed by atoms with Crippen LogP contribution in [0.3, 0.4) is 0 Å². The molecule has 142 valence electrons. The molecular formula is C19H19Cl2N3O3. The second kappa shape index (κ2) is 8.17. The number of urea groups is 1. The lowest BCUT2D eigenvalue weighted by molar-refractivity contribution is -0.135.